The van der Waals surface area contributed by atoms with Gasteiger partial charge in [0.2, 0.25) is 0 Å². The van der Waals surface area contributed by atoms with E-state index < -0.39 is 23.9 Å². The minimum atomic E-state index is -0.893. The molecule has 130 valence electrons. The summed E-state index contributed by atoms with van der Waals surface area (Å²) in [6.07, 6.45) is -0.893. The number of nitrogens with one attached hydrogen (secondary N) is 2. The van der Waals surface area contributed by atoms with E-state index in [4.69, 9.17) is 4.74 Å². The number of imide groups is 1. The van der Waals surface area contributed by atoms with Crippen LogP contribution in [0.4, 0.5) is 9.18 Å². The Kier molecular flexibility index (Phi) is 5.84. The molecule has 0 saturated heterocycles. The highest BCUT2D eigenvalue weighted by molar-refractivity contribution is 6.09. The molecule has 2 aromatic rings. The maximum Gasteiger partial charge on any atom is 0.321 e. The van der Waals surface area contributed by atoms with E-state index in [0.717, 1.165) is 0 Å². The number of urea groups is 1. The number of benzene rings is 2. The number of ether oxygens (including phenoxy) is 1. The Morgan fingerprint density at radius 1 is 0.960 bits per heavy atom. The zero-order valence-electron chi connectivity index (χ0n) is 13.7. The van der Waals surface area contributed by atoms with Crippen LogP contribution in [0.1, 0.15) is 22.8 Å². The van der Waals surface area contributed by atoms with E-state index in [2.05, 4.69) is 10.6 Å². The van der Waals surface area contributed by atoms with Crippen molar-refractivity contribution >= 4 is 17.7 Å². The summed E-state index contributed by atoms with van der Waals surface area (Å²) in [7, 11) is 1.39. The summed E-state index contributed by atoms with van der Waals surface area (Å²) in [5.74, 6) is -0.887. The Morgan fingerprint density at radius 3 is 2.00 bits per heavy atom. The molecule has 0 saturated carbocycles. The molecule has 3 amide bonds. The van der Waals surface area contributed by atoms with Gasteiger partial charge in [-0.05, 0) is 55.5 Å². The maximum atomic E-state index is 12.9. The van der Waals surface area contributed by atoms with Crippen molar-refractivity contribution in [2.75, 3.05) is 7.05 Å². The second kappa shape index (κ2) is 8.05. The van der Waals surface area contributed by atoms with Crippen LogP contribution in [-0.4, -0.2) is 30.9 Å². The summed E-state index contributed by atoms with van der Waals surface area (Å²) in [5, 5.41) is 4.37. The normalized spacial score (nSPS) is 11.3. The van der Waals surface area contributed by atoms with E-state index in [0.29, 0.717) is 16.9 Å². The van der Waals surface area contributed by atoms with Crippen LogP contribution in [0.3, 0.4) is 0 Å². The number of ketones is 1. The standard InChI is InChI=1S/C18H17FN2O4/c1-11(17(23)21-18(24)20-2)25-15-9-5-13(6-10-15)16(22)12-3-7-14(19)8-4-12/h3-11H,1-2H3,(H2,20,21,23,24)/t11-/m1/s1. The van der Waals surface area contributed by atoms with Crippen LogP contribution >= 0.6 is 0 Å². The van der Waals surface area contributed by atoms with Crippen molar-refractivity contribution < 1.29 is 23.5 Å². The molecule has 2 aromatic carbocycles. The molecular formula is C18H17FN2O4. The van der Waals surface area contributed by atoms with E-state index in [1.54, 1.807) is 24.3 Å². The number of carbonyl (C=O) groups excluding carboxylic acids is 3. The monoisotopic (exact) mass is 344 g/mol. The van der Waals surface area contributed by atoms with Gasteiger partial charge in [0.25, 0.3) is 5.91 Å². The molecule has 7 heteroatoms. The summed E-state index contributed by atoms with van der Waals surface area (Å²) >= 11 is 0. The van der Waals surface area contributed by atoms with Crippen molar-refractivity contribution in [3.05, 3.63) is 65.5 Å². The molecule has 25 heavy (non-hydrogen) atoms. The first kappa shape index (κ1) is 18.1. The Hall–Kier alpha value is -3.22. The third-order valence-electron chi connectivity index (χ3n) is 3.37. The van der Waals surface area contributed by atoms with E-state index >= 15 is 0 Å². The van der Waals surface area contributed by atoms with Crippen molar-refractivity contribution in [1.82, 2.24) is 10.6 Å². The molecule has 0 aromatic heterocycles. The van der Waals surface area contributed by atoms with Gasteiger partial charge >= 0.3 is 6.03 Å². The van der Waals surface area contributed by atoms with Crippen molar-refractivity contribution in [3.63, 3.8) is 0 Å². The van der Waals surface area contributed by atoms with Crippen LogP contribution in [0.2, 0.25) is 0 Å². The molecule has 0 fully saturated rings. The van der Waals surface area contributed by atoms with Gasteiger partial charge in [-0.3, -0.25) is 14.9 Å². The average molecular weight is 344 g/mol. The predicted molar refractivity (Wildman–Crippen MR) is 89.0 cm³/mol. The number of hydrogen-bond acceptors (Lipinski definition) is 4. The molecule has 6 nitrogen and oxygen atoms in total. The summed E-state index contributed by atoms with van der Waals surface area (Å²) in [5.41, 5.74) is 0.773. The molecule has 0 radical (unpaired) electrons. The lowest BCUT2D eigenvalue weighted by Gasteiger charge is -2.14. The first-order chi connectivity index (χ1) is 11.9. The van der Waals surface area contributed by atoms with Crippen LogP contribution in [0.15, 0.2) is 48.5 Å². The third kappa shape index (κ3) is 4.87. The van der Waals surface area contributed by atoms with Crippen molar-refractivity contribution in [2.24, 2.45) is 0 Å². The smallest absolute Gasteiger partial charge is 0.321 e. The van der Waals surface area contributed by atoms with Crippen LogP contribution in [0.5, 0.6) is 5.75 Å². The number of carbonyl (C=O) groups is 3. The number of hydrogen-bond donors (Lipinski definition) is 2. The molecule has 0 aliphatic rings. The van der Waals surface area contributed by atoms with Crippen molar-refractivity contribution in [3.8, 4) is 5.75 Å². The van der Waals surface area contributed by atoms with Gasteiger partial charge in [-0.2, -0.15) is 0 Å². The Morgan fingerprint density at radius 2 is 1.48 bits per heavy atom. The molecule has 2 N–H and O–H groups in total. The van der Waals surface area contributed by atoms with Crippen molar-refractivity contribution in [2.45, 2.75) is 13.0 Å². The Balaban J connectivity index is 2.02. The number of amides is 3. The van der Waals surface area contributed by atoms with E-state index in [1.807, 2.05) is 0 Å². The van der Waals surface area contributed by atoms with Gasteiger partial charge in [0.1, 0.15) is 11.6 Å². The Labute approximate surface area is 144 Å². The molecule has 2 rings (SSSR count). The molecule has 0 unspecified atom stereocenters. The fourth-order valence-electron chi connectivity index (χ4n) is 1.99. The molecular weight excluding hydrogens is 327 g/mol. The van der Waals surface area contributed by atoms with Crippen LogP contribution < -0.4 is 15.4 Å². The van der Waals surface area contributed by atoms with Gasteiger partial charge in [-0.15, -0.1) is 0 Å². The number of halogens is 1. The molecule has 0 bridgehead atoms. The van der Waals surface area contributed by atoms with Gasteiger partial charge in [0.05, 0.1) is 0 Å². The second-order valence-electron chi connectivity index (χ2n) is 5.19. The minimum Gasteiger partial charge on any atom is -0.481 e. The molecule has 1 atom stereocenters. The maximum absolute atomic E-state index is 12.9. The predicted octanol–water partition coefficient (Wildman–Crippen LogP) is 2.28. The fourth-order valence-corrected chi connectivity index (χ4v) is 1.99. The van der Waals surface area contributed by atoms with Crippen LogP contribution in [-0.2, 0) is 4.79 Å². The van der Waals surface area contributed by atoms with Gasteiger partial charge in [0.15, 0.2) is 11.9 Å². The average Bonchev–Trinajstić information content (AvgIpc) is 2.62. The second-order valence-corrected chi connectivity index (χ2v) is 5.19. The first-order valence-corrected chi connectivity index (χ1v) is 7.50. The highest BCUT2D eigenvalue weighted by atomic mass is 19.1. The topological polar surface area (TPSA) is 84.5 Å². The lowest BCUT2D eigenvalue weighted by Crippen LogP contribution is -2.43. The van der Waals surface area contributed by atoms with Gasteiger partial charge in [-0.25, -0.2) is 9.18 Å². The lowest BCUT2D eigenvalue weighted by atomic mass is 10.0. The van der Waals surface area contributed by atoms with E-state index in [-0.39, 0.29) is 5.78 Å². The van der Waals surface area contributed by atoms with Crippen LogP contribution in [0.25, 0.3) is 0 Å². The Bertz CT molecular complexity index is 773. The van der Waals surface area contributed by atoms with Gasteiger partial charge < -0.3 is 10.1 Å². The molecule has 0 spiro atoms. The summed E-state index contributed by atoms with van der Waals surface area (Å²) in [4.78, 5) is 35.1. The zero-order chi connectivity index (χ0) is 18.4. The summed E-state index contributed by atoms with van der Waals surface area (Å²) < 4.78 is 18.3. The minimum absolute atomic E-state index is 0.253. The lowest BCUT2D eigenvalue weighted by molar-refractivity contribution is -0.126. The summed E-state index contributed by atoms with van der Waals surface area (Å²) in [6, 6.07) is 10.8. The van der Waals surface area contributed by atoms with Crippen LogP contribution in [0, 0.1) is 5.82 Å². The molecule has 0 heterocycles. The largest absolute Gasteiger partial charge is 0.481 e. The SMILES string of the molecule is CNC(=O)NC(=O)[C@@H](C)Oc1ccc(C(=O)c2ccc(F)cc2)cc1. The third-order valence-corrected chi connectivity index (χ3v) is 3.37. The first-order valence-electron chi connectivity index (χ1n) is 7.50. The van der Waals surface area contributed by atoms with E-state index in [9.17, 15) is 18.8 Å². The van der Waals surface area contributed by atoms with Gasteiger partial charge in [-0.1, -0.05) is 0 Å². The van der Waals surface area contributed by atoms with E-state index in [1.165, 1.54) is 38.2 Å². The quantitative estimate of drug-likeness (QED) is 0.815. The zero-order valence-corrected chi connectivity index (χ0v) is 13.7. The highest BCUT2D eigenvalue weighted by Gasteiger charge is 2.17. The molecule has 0 aliphatic carbocycles. The fraction of sp³-hybridized carbons (Fsp3) is 0.167. The molecule has 0 aliphatic heterocycles. The highest BCUT2D eigenvalue weighted by Crippen LogP contribution is 2.17. The number of rotatable bonds is 5. The van der Waals surface area contributed by atoms with Gasteiger partial charge in [0, 0.05) is 18.2 Å². The summed E-state index contributed by atoms with van der Waals surface area (Å²) in [6.45, 7) is 1.50. The van der Waals surface area contributed by atoms with Crippen molar-refractivity contribution in [1.29, 1.82) is 0 Å².